The van der Waals surface area contributed by atoms with Gasteiger partial charge in [0, 0.05) is 28.1 Å². The topological polar surface area (TPSA) is 80.6 Å². The maximum atomic E-state index is 13.8. The van der Waals surface area contributed by atoms with Gasteiger partial charge < -0.3 is 4.98 Å². The molecule has 6 nitrogen and oxygen atoms in total. The average Bonchev–Trinajstić information content (AvgIpc) is 3.12. The Labute approximate surface area is 175 Å². The van der Waals surface area contributed by atoms with Crippen molar-refractivity contribution in [1.82, 2.24) is 19.5 Å². The van der Waals surface area contributed by atoms with Gasteiger partial charge in [0.15, 0.2) is 16.6 Å². The van der Waals surface area contributed by atoms with E-state index in [4.69, 9.17) is 23.2 Å². The molecular weight excluding hydrogens is 446 g/mol. The highest BCUT2D eigenvalue weighted by molar-refractivity contribution is 7.98. The Bertz CT molecular complexity index is 1320. The SMILES string of the molecule is O=c1[nH]cc(-n2c(SCc3ccc(Cl)cc3Cl)nc3ncsc3c2=O)cc1F. The predicted octanol–water partition coefficient (Wildman–Crippen LogP) is 4.27. The number of halogens is 3. The number of nitrogens with zero attached hydrogens (tertiary/aromatic N) is 3. The van der Waals surface area contributed by atoms with E-state index in [1.807, 2.05) is 0 Å². The molecule has 0 fully saturated rings. The molecule has 1 aromatic carbocycles. The zero-order chi connectivity index (χ0) is 19.8. The summed E-state index contributed by atoms with van der Waals surface area (Å²) in [6.45, 7) is 0. The van der Waals surface area contributed by atoms with Crippen LogP contribution in [0.4, 0.5) is 4.39 Å². The molecule has 0 atom stereocenters. The fourth-order valence-corrected chi connectivity index (χ4v) is 4.69. The molecule has 142 valence electrons. The van der Waals surface area contributed by atoms with Gasteiger partial charge in [-0.25, -0.2) is 14.4 Å². The normalized spacial score (nSPS) is 11.2. The molecule has 0 spiro atoms. The van der Waals surface area contributed by atoms with Crippen LogP contribution >= 0.6 is 46.3 Å². The lowest BCUT2D eigenvalue weighted by Crippen LogP contribution is -2.23. The molecule has 0 unspecified atom stereocenters. The first-order chi connectivity index (χ1) is 13.4. The molecule has 0 radical (unpaired) electrons. The molecule has 0 amide bonds. The summed E-state index contributed by atoms with van der Waals surface area (Å²) < 4.78 is 15.4. The van der Waals surface area contributed by atoms with Crippen molar-refractivity contribution in [3.63, 3.8) is 0 Å². The van der Waals surface area contributed by atoms with Crippen LogP contribution in [-0.2, 0) is 5.75 Å². The molecule has 4 aromatic rings. The van der Waals surface area contributed by atoms with Crippen molar-refractivity contribution in [3.8, 4) is 5.69 Å². The highest BCUT2D eigenvalue weighted by atomic mass is 35.5. The summed E-state index contributed by atoms with van der Waals surface area (Å²) in [5.74, 6) is -0.602. The number of rotatable bonds is 4. The Kier molecular flexibility index (Phi) is 5.24. The Hall–Kier alpha value is -2.20. The minimum absolute atomic E-state index is 0.162. The van der Waals surface area contributed by atoms with Gasteiger partial charge in [0.2, 0.25) is 0 Å². The van der Waals surface area contributed by atoms with E-state index >= 15 is 0 Å². The number of H-pyrrole nitrogens is 1. The molecule has 0 saturated heterocycles. The molecule has 0 aliphatic heterocycles. The van der Waals surface area contributed by atoms with Crippen molar-refractivity contribution >= 4 is 56.6 Å². The Balaban J connectivity index is 1.83. The standard InChI is InChI=1S/C17H9Cl2FN4O2S2/c18-9-2-1-8(11(19)3-9)6-27-17-23-14-13(28-7-22-14)16(26)24(17)10-4-12(20)15(25)21-5-10/h1-5,7H,6H2,(H,21,25). The van der Waals surface area contributed by atoms with Gasteiger partial charge in [0.1, 0.15) is 4.70 Å². The Morgan fingerprint density at radius 3 is 2.82 bits per heavy atom. The summed E-state index contributed by atoms with van der Waals surface area (Å²) in [5.41, 5.74) is 1.51. The fourth-order valence-electron chi connectivity index (χ4n) is 2.48. The predicted molar refractivity (Wildman–Crippen MR) is 110 cm³/mol. The lowest BCUT2D eigenvalue weighted by Gasteiger charge is -2.12. The molecule has 3 aromatic heterocycles. The van der Waals surface area contributed by atoms with E-state index in [9.17, 15) is 14.0 Å². The second-order valence-corrected chi connectivity index (χ2v) is 8.24. The smallest absolute Gasteiger partial charge is 0.284 e. The summed E-state index contributed by atoms with van der Waals surface area (Å²) in [6.07, 6.45) is 1.26. The van der Waals surface area contributed by atoms with Gasteiger partial charge in [-0.15, -0.1) is 11.3 Å². The van der Waals surface area contributed by atoms with E-state index in [1.165, 1.54) is 28.0 Å². The number of hydrogen-bond donors (Lipinski definition) is 1. The molecule has 3 heterocycles. The Morgan fingerprint density at radius 2 is 2.07 bits per heavy atom. The zero-order valence-corrected chi connectivity index (χ0v) is 16.9. The van der Waals surface area contributed by atoms with Crippen molar-refractivity contribution in [2.24, 2.45) is 0 Å². The van der Waals surface area contributed by atoms with Crippen LogP contribution in [0.25, 0.3) is 16.0 Å². The minimum Gasteiger partial charge on any atom is -0.324 e. The number of thiazole rings is 1. The molecule has 28 heavy (non-hydrogen) atoms. The quantitative estimate of drug-likeness (QED) is 0.367. The van der Waals surface area contributed by atoms with Crippen molar-refractivity contribution in [1.29, 1.82) is 0 Å². The van der Waals surface area contributed by atoms with Gasteiger partial charge in [0.05, 0.1) is 11.2 Å². The molecule has 0 bridgehead atoms. The lowest BCUT2D eigenvalue weighted by atomic mass is 10.2. The van der Waals surface area contributed by atoms with Crippen LogP contribution in [-0.4, -0.2) is 19.5 Å². The van der Waals surface area contributed by atoms with Crippen LogP contribution in [0.3, 0.4) is 0 Å². The largest absolute Gasteiger partial charge is 0.324 e. The summed E-state index contributed by atoms with van der Waals surface area (Å²) in [5, 5.41) is 1.29. The maximum absolute atomic E-state index is 13.8. The molecule has 1 N–H and O–H groups in total. The van der Waals surface area contributed by atoms with Crippen LogP contribution in [0.5, 0.6) is 0 Å². The molecule has 11 heteroatoms. The third-order valence-corrected chi connectivity index (χ3v) is 6.19. The van der Waals surface area contributed by atoms with Crippen LogP contribution in [0.15, 0.2) is 50.7 Å². The van der Waals surface area contributed by atoms with E-state index in [0.29, 0.717) is 31.3 Å². The fraction of sp³-hybridized carbons (Fsp3) is 0.0588. The van der Waals surface area contributed by atoms with Gasteiger partial charge in [-0.2, -0.15) is 0 Å². The first-order valence-electron chi connectivity index (χ1n) is 7.75. The van der Waals surface area contributed by atoms with Crippen molar-refractivity contribution < 1.29 is 4.39 Å². The number of thioether (sulfide) groups is 1. The second kappa shape index (κ2) is 7.67. The van der Waals surface area contributed by atoms with E-state index in [-0.39, 0.29) is 5.69 Å². The van der Waals surface area contributed by atoms with Gasteiger partial charge >= 0.3 is 0 Å². The molecule has 4 rings (SSSR count). The number of hydrogen-bond acceptors (Lipinski definition) is 6. The van der Waals surface area contributed by atoms with E-state index in [1.54, 1.807) is 18.2 Å². The number of benzene rings is 1. The molecular formula is C17H9Cl2FN4O2S2. The van der Waals surface area contributed by atoms with Crippen LogP contribution in [0.1, 0.15) is 5.56 Å². The number of pyridine rings is 1. The van der Waals surface area contributed by atoms with E-state index in [2.05, 4.69) is 15.0 Å². The van der Waals surface area contributed by atoms with Gasteiger partial charge in [-0.1, -0.05) is 41.0 Å². The Morgan fingerprint density at radius 1 is 1.25 bits per heavy atom. The van der Waals surface area contributed by atoms with Crippen molar-refractivity contribution in [3.05, 3.63) is 78.1 Å². The molecule has 0 aliphatic carbocycles. The molecule has 0 aliphatic rings. The van der Waals surface area contributed by atoms with Crippen molar-refractivity contribution in [2.45, 2.75) is 10.9 Å². The third kappa shape index (κ3) is 3.58. The van der Waals surface area contributed by atoms with Gasteiger partial charge in [0.25, 0.3) is 11.1 Å². The number of nitrogens with one attached hydrogen (secondary N) is 1. The third-order valence-electron chi connectivity index (χ3n) is 3.81. The lowest BCUT2D eigenvalue weighted by molar-refractivity contribution is 0.605. The summed E-state index contributed by atoms with van der Waals surface area (Å²) in [4.78, 5) is 35.1. The maximum Gasteiger partial charge on any atom is 0.284 e. The number of aromatic amines is 1. The average molecular weight is 455 g/mol. The monoisotopic (exact) mass is 454 g/mol. The summed E-state index contributed by atoms with van der Waals surface area (Å²) in [7, 11) is 0. The van der Waals surface area contributed by atoms with Crippen molar-refractivity contribution in [2.75, 3.05) is 0 Å². The van der Waals surface area contributed by atoms with E-state index in [0.717, 1.165) is 23.0 Å². The van der Waals surface area contributed by atoms with Crippen LogP contribution in [0, 0.1) is 5.82 Å². The van der Waals surface area contributed by atoms with E-state index < -0.39 is 16.9 Å². The highest BCUT2D eigenvalue weighted by Gasteiger charge is 2.17. The number of fused-ring (bicyclic) bond motifs is 1. The highest BCUT2D eigenvalue weighted by Crippen LogP contribution is 2.29. The number of aromatic nitrogens is 4. The van der Waals surface area contributed by atoms with Gasteiger partial charge in [-0.3, -0.25) is 14.2 Å². The van der Waals surface area contributed by atoms with Gasteiger partial charge in [-0.05, 0) is 17.7 Å². The summed E-state index contributed by atoms with van der Waals surface area (Å²) in [6, 6.07) is 6.11. The zero-order valence-electron chi connectivity index (χ0n) is 13.8. The second-order valence-electron chi connectivity index (χ2n) is 5.60. The van der Waals surface area contributed by atoms with Crippen LogP contribution in [0.2, 0.25) is 10.0 Å². The first-order valence-corrected chi connectivity index (χ1v) is 10.4. The molecule has 0 saturated carbocycles. The first kappa shape index (κ1) is 19.1. The van der Waals surface area contributed by atoms with Crippen LogP contribution < -0.4 is 11.1 Å². The summed E-state index contributed by atoms with van der Waals surface area (Å²) >= 11 is 14.5. The minimum atomic E-state index is -0.995.